The van der Waals surface area contributed by atoms with Crippen molar-refractivity contribution < 1.29 is 0 Å². The van der Waals surface area contributed by atoms with Crippen LogP contribution in [0.15, 0.2) is 15.9 Å². The lowest BCUT2D eigenvalue weighted by atomic mass is 10.3. The maximum Gasteiger partial charge on any atom is 0.0701 e. The second kappa shape index (κ2) is 10.4. The van der Waals surface area contributed by atoms with Crippen LogP contribution in [0.1, 0.15) is 4.88 Å². The second-order valence-corrected chi connectivity index (χ2v) is 7.08. The first-order valence-electron chi connectivity index (χ1n) is 6.10. The standard InChI is InChI=1S/C12H20BrN3S.2ClH/c1-15(10-11-2-3-12(13)17-11)8-9-16-6-4-14-5-7-16;;/h2-3,14H,4-10H2,1H3;2*1H. The molecular formula is C12H22BrCl2N3S. The van der Waals surface area contributed by atoms with Crippen LogP contribution in [-0.2, 0) is 6.54 Å². The molecule has 3 nitrogen and oxygen atoms in total. The minimum atomic E-state index is 0. The van der Waals surface area contributed by atoms with Gasteiger partial charge in [0.05, 0.1) is 3.79 Å². The van der Waals surface area contributed by atoms with Gasteiger partial charge in [0.1, 0.15) is 0 Å². The largest absolute Gasteiger partial charge is 0.314 e. The minimum Gasteiger partial charge on any atom is -0.314 e. The van der Waals surface area contributed by atoms with Gasteiger partial charge in [-0.05, 0) is 35.1 Å². The van der Waals surface area contributed by atoms with E-state index in [2.05, 4.69) is 50.2 Å². The fraction of sp³-hybridized carbons (Fsp3) is 0.667. The van der Waals surface area contributed by atoms with Gasteiger partial charge in [0.25, 0.3) is 0 Å². The smallest absolute Gasteiger partial charge is 0.0701 e. The third-order valence-electron chi connectivity index (χ3n) is 3.06. The zero-order valence-corrected chi connectivity index (χ0v) is 15.1. The first kappa shape index (κ1) is 19.6. The fourth-order valence-electron chi connectivity index (χ4n) is 2.03. The highest BCUT2D eigenvalue weighted by Crippen LogP contribution is 2.22. The maximum absolute atomic E-state index is 3.51. The summed E-state index contributed by atoms with van der Waals surface area (Å²) in [6.07, 6.45) is 0. The number of thiophene rings is 1. The average molecular weight is 391 g/mol. The molecule has 1 fully saturated rings. The van der Waals surface area contributed by atoms with E-state index < -0.39 is 0 Å². The Hall–Kier alpha value is 0.640. The van der Waals surface area contributed by atoms with E-state index in [-0.39, 0.29) is 24.8 Å². The molecule has 1 aromatic rings. The van der Waals surface area contributed by atoms with Crippen LogP contribution in [-0.4, -0.2) is 56.1 Å². The van der Waals surface area contributed by atoms with Crippen LogP contribution in [0, 0.1) is 0 Å². The van der Waals surface area contributed by atoms with Crippen molar-refractivity contribution in [3.63, 3.8) is 0 Å². The number of nitrogens with one attached hydrogen (secondary N) is 1. The molecule has 19 heavy (non-hydrogen) atoms. The predicted octanol–water partition coefficient (Wildman–Crippen LogP) is 2.69. The Morgan fingerprint density at radius 1 is 1.32 bits per heavy atom. The maximum atomic E-state index is 3.51. The summed E-state index contributed by atoms with van der Waals surface area (Å²) < 4.78 is 1.23. The lowest BCUT2D eigenvalue weighted by Crippen LogP contribution is -2.45. The Morgan fingerprint density at radius 3 is 2.58 bits per heavy atom. The third kappa shape index (κ3) is 7.27. The van der Waals surface area contributed by atoms with Gasteiger partial charge in [0, 0.05) is 50.7 Å². The molecule has 0 amide bonds. The molecule has 1 aliphatic heterocycles. The Balaban J connectivity index is 0.00000162. The normalized spacial score (nSPS) is 15.9. The van der Waals surface area contributed by atoms with Gasteiger partial charge in [-0.25, -0.2) is 0 Å². The lowest BCUT2D eigenvalue weighted by Gasteiger charge is -2.28. The number of nitrogens with zero attached hydrogens (tertiary/aromatic N) is 2. The van der Waals surface area contributed by atoms with Crippen molar-refractivity contribution >= 4 is 52.1 Å². The Labute approximate surface area is 140 Å². The average Bonchev–Trinajstić information content (AvgIpc) is 2.73. The molecule has 0 radical (unpaired) electrons. The number of halogens is 3. The van der Waals surface area contributed by atoms with Crippen LogP contribution in [0.3, 0.4) is 0 Å². The Bertz CT molecular complexity index is 345. The molecular weight excluding hydrogens is 369 g/mol. The van der Waals surface area contributed by atoms with Crippen molar-refractivity contribution in [3.8, 4) is 0 Å². The summed E-state index contributed by atoms with van der Waals surface area (Å²) in [5.41, 5.74) is 0. The summed E-state index contributed by atoms with van der Waals surface area (Å²) in [7, 11) is 2.20. The predicted molar refractivity (Wildman–Crippen MR) is 92.2 cm³/mol. The summed E-state index contributed by atoms with van der Waals surface area (Å²) in [5.74, 6) is 0. The third-order valence-corrected chi connectivity index (χ3v) is 4.67. The zero-order chi connectivity index (χ0) is 12.1. The van der Waals surface area contributed by atoms with Gasteiger partial charge in [-0.2, -0.15) is 0 Å². The number of hydrogen-bond donors (Lipinski definition) is 1. The van der Waals surface area contributed by atoms with Gasteiger partial charge in [0.2, 0.25) is 0 Å². The van der Waals surface area contributed by atoms with Gasteiger partial charge in [-0.15, -0.1) is 36.2 Å². The molecule has 0 saturated carbocycles. The lowest BCUT2D eigenvalue weighted by molar-refractivity contribution is 0.203. The molecule has 0 atom stereocenters. The van der Waals surface area contributed by atoms with E-state index in [1.807, 2.05) is 11.3 Å². The van der Waals surface area contributed by atoms with Crippen LogP contribution in [0.4, 0.5) is 0 Å². The van der Waals surface area contributed by atoms with E-state index in [9.17, 15) is 0 Å². The fourth-order valence-corrected chi connectivity index (χ4v) is 3.59. The Kier molecular flexibility index (Phi) is 10.7. The highest BCUT2D eigenvalue weighted by Gasteiger charge is 2.10. The van der Waals surface area contributed by atoms with Crippen LogP contribution in [0.5, 0.6) is 0 Å². The molecule has 2 heterocycles. The minimum absolute atomic E-state index is 0. The van der Waals surface area contributed by atoms with E-state index in [4.69, 9.17) is 0 Å². The number of hydrogen-bond acceptors (Lipinski definition) is 4. The molecule has 1 N–H and O–H groups in total. The molecule has 0 aliphatic carbocycles. The summed E-state index contributed by atoms with van der Waals surface area (Å²) in [4.78, 5) is 6.37. The Morgan fingerprint density at radius 2 is 2.00 bits per heavy atom. The van der Waals surface area contributed by atoms with E-state index in [0.29, 0.717) is 0 Å². The number of likely N-dealkylation sites (N-methyl/N-ethyl adjacent to an activating group) is 1. The summed E-state index contributed by atoms with van der Waals surface area (Å²) in [6.45, 7) is 8.06. The molecule has 2 rings (SSSR count). The topological polar surface area (TPSA) is 18.5 Å². The molecule has 112 valence electrons. The van der Waals surface area contributed by atoms with E-state index in [1.165, 1.54) is 28.3 Å². The summed E-state index contributed by atoms with van der Waals surface area (Å²) >= 11 is 5.34. The summed E-state index contributed by atoms with van der Waals surface area (Å²) in [5, 5.41) is 3.39. The SMILES string of the molecule is CN(CCN1CCNCC1)Cc1ccc(Br)s1.Cl.Cl. The monoisotopic (exact) mass is 389 g/mol. The van der Waals surface area contributed by atoms with Gasteiger partial charge in [-0.1, -0.05) is 0 Å². The second-order valence-electron chi connectivity index (χ2n) is 4.54. The molecule has 1 aromatic heterocycles. The highest BCUT2D eigenvalue weighted by molar-refractivity contribution is 9.11. The number of rotatable bonds is 5. The molecule has 7 heteroatoms. The molecule has 0 spiro atoms. The van der Waals surface area contributed by atoms with Crippen molar-refractivity contribution in [1.82, 2.24) is 15.1 Å². The van der Waals surface area contributed by atoms with Gasteiger partial charge < -0.3 is 10.2 Å². The van der Waals surface area contributed by atoms with Crippen LogP contribution >= 0.6 is 52.1 Å². The molecule has 0 bridgehead atoms. The molecule has 1 saturated heterocycles. The van der Waals surface area contributed by atoms with Crippen molar-refractivity contribution in [2.75, 3.05) is 46.3 Å². The van der Waals surface area contributed by atoms with Crippen molar-refractivity contribution in [2.24, 2.45) is 0 Å². The first-order chi connectivity index (χ1) is 8.24. The van der Waals surface area contributed by atoms with Crippen molar-refractivity contribution in [3.05, 3.63) is 20.8 Å². The van der Waals surface area contributed by atoms with Crippen molar-refractivity contribution in [2.45, 2.75) is 6.54 Å². The van der Waals surface area contributed by atoms with E-state index in [1.54, 1.807) is 0 Å². The zero-order valence-electron chi connectivity index (χ0n) is 11.1. The number of piperazine rings is 1. The first-order valence-corrected chi connectivity index (χ1v) is 7.71. The van der Waals surface area contributed by atoms with Crippen molar-refractivity contribution in [1.29, 1.82) is 0 Å². The molecule has 0 aromatic carbocycles. The van der Waals surface area contributed by atoms with Crippen LogP contribution < -0.4 is 5.32 Å². The van der Waals surface area contributed by atoms with Gasteiger partial charge in [0.15, 0.2) is 0 Å². The van der Waals surface area contributed by atoms with Crippen LogP contribution in [0.25, 0.3) is 0 Å². The summed E-state index contributed by atoms with van der Waals surface area (Å²) in [6, 6.07) is 4.33. The van der Waals surface area contributed by atoms with E-state index in [0.717, 1.165) is 26.2 Å². The van der Waals surface area contributed by atoms with Gasteiger partial charge >= 0.3 is 0 Å². The van der Waals surface area contributed by atoms with E-state index >= 15 is 0 Å². The molecule has 0 unspecified atom stereocenters. The molecule has 1 aliphatic rings. The van der Waals surface area contributed by atoms with Crippen LogP contribution in [0.2, 0.25) is 0 Å². The highest BCUT2D eigenvalue weighted by atomic mass is 79.9. The quantitative estimate of drug-likeness (QED) is 0.833. The van der Waals surface area contributed by atoms with Gasteiger partial charge in [-0.3, -0.25) is 4.90 Å².